The molecule has 0 aliphatic carbocycles. The molecule has 0 aliphatic rings. The Labute approximate surface area is 194 Å². The molecule has 170 valence electrons. The van der Waals surface area contributed by atoms with E-state index in [0.717, 1.165) is 34.0 Å². The number of carbonyl (C=O) groups is 1. The number of hydrogen-bond acceptors (Lipinski definition) is 3. The van der Waals surface area contributed by atoms with Gasteiger partial charge in [-0.15, -0.1) is 0 Å². The van der Waals surface area contributed by atoms with E-state index in [1.165, 1.54) is 11.1 Å². The largest absolute Gasteiger partial charge is 0.497 e. The van der Waals surface area contributed by atoms with Crippen LogP contribution in [0.4, 0.5) is 0 Å². The zero-order valence-electron chi connectivity index (χ0n) is 19.4. The molecule has 1 heterocycles. The first-order valence-corrected chi connectivity index (χ1v) is 11.3. The first-order chi connectivity index (χ1) is 16.0. The molecule has 0 radical (unpaired) electrons. The van der Waals surface area contributed by atoms with E-state index in [4.69, 9.17) is 4.74 Å². The fraction of sp³-hybridized carbons (Fsp3) is 0.250. The van der Waals surface area contributed by atoms with Crippen LogP contribution in [-0.4, -0.2) is 22.8 Å². The minimum absolute atomic E-state index is 0.315. The van der Waals surface area contributed by atoms with Crippen molar-refractivity contribution < 1.29 is 14.6 Å². The second kappa shape index (κ2) is 9.92. The molecule has 0 saturated heterocycles. The second-order valence-electron chi connectivity index (χ2n) is 8.30. The average molecular weight is 443 g/mol. The number of nitrogens with zero attached hydrogens (tertiary/aromatic N) is 1. The molecule has 5 nitrogen and oxygen atoms in total. The minimum atomic E-state index is -0.928. The van der Waals surface area contributed by atoms with Crippen molar-refractivity contribution in [1.82, 2.24) is 9.88 Å². The van der Waals surface area contributed by atoms with Gasteiger partial charge in [0.05, 0.1) is 12.6 Å². The molecule has 0 unspecified atom stereocenters. The van der Waals surface area contributed by atoms with Gasteiger partial charge in [0.2, 0.25) is 0 Å². The first-order valence-electron chi connectivity index (χ1n) is 11.3. The van der Waals surface area contributed by atoms with Crippen molar-refractivity contribution in [2.45, 2.75) is 39.9 Å². The lowest BCUT2D eigenvalue weighted by Gasteiger charge is -2.12. The van der Waals surface area contributed by atoms with Gasteiger partial charge in [-0.2, -0.15) is 0 Å². The van der Waals surface area contributed by atoms with E-state index in [0.29, 0.717) is 31.1 Å². The van der Waals surface area contributed by atoms with E-state index in [-0.39, 0.29) is 0 Å². The third kappa shape index (κ3) is 4.78. The zero-order valence-corrected chi connectivity index (χ0v) is 19.4. The average Bonchev–Trinajstić information content (AvgIpc) is 3.13. The lowest BCUT2D eigenvalue weighted by Crippen LogP contribution is -2.17. The molecule has 4 aromatic rings. The number of carboxylic acid groups (broad SMARTS) is 1. The fourth-order valence-corrected chi connectivity index (χ4v) is 4.30. The summed E-state index contributed by atoms with van der Waals surface area (Å²) in [6, 6.07) is 22.4. The van der Waals surface area contributed by atoms with Crippen LogP contribution in [0.2, 0.25) is 0 Å². The Balaban J connectivity index is 1.72. The van der Waals surface area contributed by atoms with Gasteiger partial charge >= 0.3 is 5.97 Å². The van der Waals surface area contributed by atoms with Crippen LogP contribution in [0.3, 0.4) is 0 Å². The second-order valence-corrected chi connectivity index (χ2v) is 8.30. The normalized spacial score (nSPS) is 11.1. The van der Waals surface area contributed by atoms with Crippen LogP contribution in [0.25, 0.3) is 10.9 Å². The summed E-state index contributed by atoms with van der Waals surface area (Å²) in [4.78, 5) is 12.5. The van der Waals surface area contributed by atoms with E-state index < -0.39 is 5.97 Å². The number of carboxylic acids is 1. The maximum atomic E-state index is 12.5. The van der Waals surface area contributed by atoms with Crippen molar-refractivity contribution in [1.29, 1.82) is 0 Å². The van der Waals surface area contributed by atoms with Crippen molar-refractivity contribution in [2.75, 3.05) is 7.11 Å². The van der Waals surface area contributed by atoms with Crippen LogP contribution in [-0.2, 0) is 26.1 Å². The molecule has 5 heteroatoms. The van der Waals surface area contributed by atoms with Crippen molar-refractivity contribution in [3.05, 3.63) is 100 Å². The number of fused-ring (bicyclic) bond motifs is 1. The highest BCUT2D eigenvalue weighted by Gasteiger charge is 2.23. The first kappa shape index (κ1) is 22.6. The van der Waals surface area contributed by atoms with E-state index in [2.05, 4.69) is 36.5 Å². The SMILES string of the molecule is CCc1ccc(CNCc2c(C(=O)O)n(Cc3ccccc3C)c3cc(OC)ccc23)cc1. The summed E-state index contributed by atoms with van der Waals surface area (Å²) in [6.07, 6.45) is 1.01. The number of methoxy groups -OCH3 is 1. The highest BCUT2D eigenvalue weighted by Crippen LogP contribution is 2.31. The van der Waals surface area contributed by atoms with Crippen LogP contribution in [0.1, 0.15) is 45.2 Å². The molecule has 0 atom stereocenters. The van der Waals surface area contributed by atoms with Gasteiger partial charge in [-0.3, -0.25) is 0 Å². The van der Waals surface area contributed by atoms with Crippen LogP contribution in [0.15, 0.2) is 66.7 Å². The Morgan fingerprint density at radius 3 is 2.39 bits per heavy atom. The van der Waals surface area contributed by atoms with Crippen molar-refractivity contribution in [3.63, 3.8) is 0 Å². The van der Waals surface area contributed by atoms with Gasteiger partial charge in [0.15, 0.2) is 0 Å². The third-order valence-electron chi connectivity index (χ3n) is 6.23. The van der Waals surface area contributed by atoms with Crippen molar-refractivity contribution in [2.24, 2.45) is 0 Å². The molecule has 33 heavy (non-hydrogen) atoms. The van der Waals surface area contributed by atoms with Gasteiger partial charge in [0.1, 0.15) is 11.4 Å². The van der Waals surface area contributed by atoms with E-state index in [1.807, 2.05) is 54.0 Å². The monoisotopic (exact) mass is 442 g/mol. The van der Waals surface area contributed by atoms with Crippen LogP contribution >= 0.6 is 0 Å². The summed E-state index contributed by atoms with van der Waals surface area (Å²) in [5.41, 5.74) is 6.67. The van der Waals surface area contributed by atoms with E-state index in [1.54, 1.807) is 7.11 Å². The number of ether oxygens (including phenoxy) is 1. The Bertz CT molecular complexity index is 1270. The van der Waals surface area contributed by atoms with Gasteiger partial charge in [0.25, 0.3) is 0 Å². The summed E-state index contributed by atoms with van der Waals surface area (Å²) >= 11 is 0. The summed E-state index contributed by atoms with van der Waals surface area (Å²) in [7, 11) is 1.63. The summed E-state index contributed by atoms with van der Waals surface area (Å²) in [5.74, 6) is -0.221. The molecule has 1 aromatic heterocycles. The highest BCUT2D eigenvalue weighted by atomic mass is 16.5. The number of rotatable bonds is 9. The lowest BCUT2D eigenvalue weighted by atomic mass is 10.1. The number of benzene rings is 3. The van der Waals surface area contributed by atoms with Crippen molar-refractivity contribution in [3.8, 4) is 5.75 Å². The predicted octanol–water partition coefficient (Wildman–Crippen LogP) is 5.56. The molecule has 0 saturated carbocycles. The quantitative estimate of drug-likeness (QED) is 0.356. The summed E-state index contributed by atoms with van der Waals surface area (Å²) in [6.45, 7) is 5.80. The third-order valence-corrected chi connectivity index (χ3v) is 6.23. The molecule has 0 bridgehead atoms. The Morgan fingerprint density at radius 2 is 1.73 bits per heavy atom. The Hall–Kier alpha value is -3.57. The number of aryl methyl sites for hydroxylation is 2. The lowest BCUT2D eigenvalue weighted by molar-refractivity contribution is 0.0684. The standard InChI is InChI=1S/C28H30N2O3/c1-4-20-9-11-21(12-10-20)16-29-17-25-24-14-13-23(33-3)15-26(24)30(27(25)28(31)32)18-22-8-6-5-7-19(22)2/h5-15,29H,4,16-18H2,1-3H3,(H,31,32). The minimum Gasteiger partial charge on any atom is -0.497 e. The van der Waals surface area contributed by atoms with Crippen molar-refractivity contribution >= 4 is 16.9 Å². The number of nitrogens with one attached hydrogen (secondary N) is 1. The molecule has 2 N–H and O–H groups in total. The molecule has 4 rings (SSSR count). The molecular formula is C28H30N2O3. The number of aromatic carboxylic acids is 1. The smallest absolute Gasteiger partial charge is 0.352 e. The molecule has 0 aliphatic heterocycles. The van der Waals surface area contributed by atoms with E-state index in [9.17, 15) is 9.90 Å². The maximum absolute atomic E-state index is 12.5. The van der Waals surface area contributed by atoms with Crippen LogP contribution < -0.4 is 10.1 Å². The van der Waals surface area contributed by atoms with Gasteiger partial charge in [-0.1, -0.05) is 55.5 Å². The topological polar surface area (TPSA) is 63.5 Å². The molecule has 0 spiro atoms. The highest BCUT2D eigenvalue weighted by molar-refractivity contribution is 5.98. The summed E-state index contributed by atoms with van der Waals surface area (Å²) < 4.78 is 7.34. The molecule has 0 amide bonds. The predicted molar refractivity (Wildman–Crippen MR) is 132 cm³/mol. The van der Waals surface area contributed by atoms with Gasteiger partial charge in [0, 0.05) is 36.7 Å². The molecule has 3 aromatic carbocycles. The fourth-order valence-electron chi connectivity index (χ4n) is 4.30. The van der Waals surface area contributed by atoms with E-state index >= 15 is 0 Å². The maximum Gasteiger partial charge on any atom is 0.352 e. The number of aromatic nitrogens is 1. The molecule has 0 fully saturated rings. The number of hydrogen-bond donors (Lipinski definition) is 2. The molecular weight excluding hydrogens is 412 g/mol. The zero-order chi connectivity index (χ0) is 23.4. The van der Waals surface area contributed by atoms with Crippen LogP contribution in [0.5, 0.6) is 5.75 Å². The van der Waals surface area contributed by atoms with Gasteiger partial charge < -0.3 is 19.7 Å². The Morgan fingerprint density at radius 1 is 1.00 bits per heavy atom. The van der Waals surface area contributed by atoms with Gasteiger partial charge in [-0.25, -0.2) is 4.79 Å². The van der Waals surface area contributed by atoms with Crippen LogP contribution in [0, 0.1) is 6.92 Å². The Kier molecular flexibility index (Phi) is 6.80. The summed E-state index contributed by atoms with van der Waals surface area (Å²) in [5, 5.41) is 14.6. The van der Waals surface area contributed by atoms with Gasteiger partial charge in [-0.05, 0) is 47.7 Å².